The Hall–Kier alpha value is -1.52. The lowest BCUT2D eigenvalue weighted by atomic mass is 10.0. The van der Waals surface area contributed by atoms with Gasteiger partial charge in [-0.2, -0.15) is 0 Å². The summed E-state index contributed by atoms with van der Waals surface area (Å²) in [7, 11) is 0. The summed E-state index contributed by atoms with van der Waals surface area (Å²) in [5, 5.41) is 3.68. The van der Waals surface area contributed by atoms with Crippen molar-refractivity contribution >= 4 is 11.6 Å². The molecule has 0 bridgehead atoms. The van der Waals surface area contributed by atoms with Crippen molar-refractivity contribution in [1.82, 2.24) is 15.3 Å². The lowest BCUT2D eigenvalue weighted by molar-refractivity contribution is 0.538. The molecule has 0 aliphatic rings. The molecule has 100 valence electrons. The van der Waals surface area contributed by atoms with E-state index >= 15 is 0 Å². The van der Waals surface area contributed by atoms with Crippen LogP contribution in [-0.2, 0) is 0 Å². The Kier molecular flexibility index (Phi) is 4.82. The summed E-state index contributed by atoms with van der Waals surface area (Å²) in [5.74, 6) is -0.334. The molecule has 2 aromatic rings. The average molecular weight is 280 g/mol. The summed E-state index contributed by atoms with van der Waals surface area (Å²) in [5.41, 5.74) is 1.28. The third kappa shape index (κ3) is 3.49. The number of nitrogens with zero attached hydrogens (tertiary/aromatic N) is 2. The Balaban J connectivity index is 2.37. The van der Waals surface area contributed by atoms with Crippen molar-refractivity contribution in [3.05, 3.63) is 58.9 Å². The summed E-state index contributed by atoms with van der Waals surface area (Å²) < 4.78 is 14.0. The second kappa shape index (κ2) is 6.59. The van der Waals surface area contributed by atoms with Gasteiger partial charge in [-0.05, 0) is 31.2 Å². The Morgan fingerprint density at radius 3 is 2.84 bits per heavy atom. The third-order valence-electron chi connectivity index (χ3n) is 2.77. The lowest BCUT2D eigenvalue weighted by Gasteiger charge is -2.19. The molecule has 1 atom stereocenters. The van der Waals surface area contributed by atoms with Gasteiger partial charge in [0.05, 0.1) is 11.7 Å². The molecular weight excluding hydrogens is 265 g/mol. The van der Waals surface area contributed by atoms with Gasteiger partial charge in [-0.1, -0.05) is 24.6 Å². The first-order valence-electron chi connectivity index (χ1n) is 6.16. The van der Waals surface area contributed by atoms with Crippen LogP contribution >= 0.6 is 11.6 Å². The SMILES string of the molecule is CCCNC(c1ccncn1)c1ccc(Cl)cc1F. The molecule has 3 nitrogen and oxygen atoms in total. The average Bonchev–Trinajstić information content (AvgIpc) is 2.42. The minimum Gasteiger partial charge on any atom is -0.305 e. The van der Waals surface area contributed by atoms with E-state index in [0.29, 0.717) is 10.6 Å². The fourth-order valence-electron chi connectivity index (χ4n) is 1.87. The van der Waals surface area contributed by atoms with E-state index in [9.17, 15) is 4.39 Å². The van der Waals surface area contributed by atoms with Crippen molar-refractivity contribution in [2.24, 2.45) is 0 Å². The van der Waals surface area contributed by atoms with E-state index in [1.807, 2.05) is 0 Å². The first-order valence-corrected chi connectivity index (χ1v) is 6.54. The van der Waals surface area contributed by atoms with Crippen LogP contribution in [0.15, 0.2) is 36.8 Å². The molecule has 0 radical (unpaired) electrons. The van der Waals surface area contributed by atoms with Crippen LogP contribution in [0.2, 0.25) is 5.02 Å². The third-order valence-corrected chi connectivity index (χ3v) is 3.01. The quantitative estimate of drug-likeness (QED) is 0.912. The summed E-state index contributed by atoms with van der Waals surface area (Å²) in [6.07, 6.45) is 4.07. The van der Waals surface area contributed by atoms with Gasteiger partial charge in [0.1, 0.15) is 12.1 Å². The van der Waals surface area contributed by atoms with E-state index < -0.39 is 0 Å². The highest BCUT2D eigenvalue weighted by atomic mass is 35.5. The molecule has 2 rings (SSSR count). The van der Waals surface area contributed by atoms with Gasteiger partial charge < -0.3 is 5.32 Å². The predicted molar refractivity (Wildman–Crippen MR) is 73.6 cm³/mol. The maximum Gasteiger partial charge on any atom is 0.129 e. The van der Waals surface area contributed by atoms with E-state index in [2.05, 4.69) is 22.2 Å². The van der Waals surface area contributed by atoms with Gasteiger partial charge in [-0.25, -0.2) is 14.4 Å². The molecule has 1 aromatic heterocycles. The lowest BCUT2D eigenvalue weighted by Crippen LogP contribution is -2.25. The van der Waals surface area contributed by atoms with Gasteiger partial charge in [0.25, 0.3) is 0 Å². The predicted octanol–water partition coefficient (Wildman–Crippen LogP) is 3.36. The van der Waals surface area contributed by atoms with E-state index in [-0.39, 0.29) is 11.9 Å². The Morgan fingerprint density at radius 1 is 1.37 bits per heavy atom. The first kappa shape index (κ1) is 13.9. The second-order valence-electron chi connectivity index (χ2n) is 4.19. The highest BCUT2D eigenvalue weighted by Gasteiger charge is 2.18. The van der Waals surface area contributed by atoms with Gasteiger partial charge in [0.2, 0.25) is 0 Å². The molecule has 0 saturated carbocycles. The highest BCUT2D eigenvalue weighted by Crippen LogP contribution is 2.25. The van der Waals surface area contributed by atoms with Crippen LogP contribution in [0.4, 0.5) is 4.39 Å². The number of nitrogens with one attached hydrogen (secondary N) is 1. The van der Waals surface area contributed by atoms with E-state index in [1.165, 1.54) is 12.4 Å². The van der Waals surface area contributed by atoms with E-state index in [1.54, 1.807) is 24.4 Å². The smallest absolute Gasteiger partial charge is 0.129 e. The number of halogens is 2. The van der Waals surface area contributed by atoms with Gasteiger partial charge in [-0.15, -0.1) is 0 Å². The van der Waals surface area contributed by atoms with Crippen molar-refractivity contribution in [1.29, 1.82) is 0 Å². The van der Waals surface area contributed by atoms with Crippen LogP contribution in [0, 0.1) is 5.82 Å². The zero-order valence-electron chi connectivity index (χ0n) is 10.6. The molecule has 0 amide bonds. The van der Waals surface area contributed by atoms with Crippen LogP contribution in [0.1, 0.15) is 30.6 Å². The summed E-state index contributed by atoms with van der Waals surface area (Å²) in [6, 6.07) is 6.18. The van der Waals surface area contributed by atoms with E-state index in [4.69, 9.17) is 11.6 Å². The fraction of sp³-hybridized carbons (Fsp3) is 0.286. The molecule has 0 aliphatic carbocycles. The summed E-state index contributed by atoms with van der Waals surface area (Å²) >= 11 is 5.79. The van der Waals surface area contributed by atoms with Crippen molar-refractivity contribution in [2.45, 2.75) is 19.4 Å². The topological polar surface area (TPSA) is 37.8 Å². The Morgan fingerprint density at radius 2 is 2.21 bits per heavy atom. The van der Waals surface area contributed by atoms with Crippen LogP contribution in [0.3, 0.4) is 0 Å². The molecule has 1 heterocycles. The molecule has 0 aliphatic heterocycles. The number of benzene rings is 1. The molecule has 1 unspecified atom stereocenters. The van der Waals surface area contributed by atoms with Crippen LogP contribution < -0.4 is 5.32 Å². The second-order valence-corrected chi connectivity index (χ2v) is 4.62. The monoisotopic (exact) mass is 279 g/mol. The summed E-state index contributed by atoms with van der Waals surface area (Å²) in [6.45, 7) is 2.83. The molecule has 5 heteroatoms. The maximum atomic E-state index is 14.0. The first-order chi connectivity index (χ1) is 9.22. The molecule has 0 fully saturated rings. The molecule has 0 spiro atoms. The van der Waals surface area contributed by atoms with Gasteiger partial charge >= 0.3 is 0 Å². The Labute approximate surface area is 116 Å². The normalized spacial score (nSPS) is 12.4. The standard InChI is InChI=1S/C14H15ClFN3/c1-2-6-18-14(13-5-7-17-9-19-13)11-4-3-10(15)8-12(11)16/h3-5,7-9,14,18H,2,6H2,1H3. The molecule has 19 heavy (non-hydrogen) atoms. The minimum absolute atomic E-state index is 0.291. The zero-order valence-corrected chi connectivity index (χ0v) is 11.4. The highest BCUT2D eigenvalue weighted by molar-refractivity contribution is 6.30. The van der Waals surface area contributed by atoms with Gasteiger partial charge in [-0.3, -0.25) is 0 Å². The summed E-state index contributed by atoms with van der Waals surface area (Å²) in [4.78, 5) is 8.08. The van der Waals surface area contributed by atoms with Crippen molar-refractivity contribution < 1.29 is 4.39 Å². The molecular formula is C14H15ClFN3. The number of hydrogen-bond acceptors (Lipinski definition) is 3. The van der Waals surface area contributed by atoms with E-state index in [0.717, 1.165) is 18.7 Å². The van der Waals surface area contributed by atoms with Gasteiger partial charge in [0.15, 0.2) is 0 Å². The zero-order chi connectivity index (χ0) is 13.7. The number of rotatable bonds is 5. The van der Waals surface area contributed by atoms with Crippen LogP contribution in [0.25, 0.3) is 0 Å². The number of hydrogen-bond donors (Lipinski definition) is 1. The van der Waals surface area contributed by atoms with Crippen LogP contribution in [0.5, 0.6) is 0 Å². The maximum absolute atomic E-state index is 14.0. The molecule has 0 saturated heterocycles. The Bertz CT molecular complexity index is 533. The number of aromatic nitrogens is 2. The van der Waals surface area contributed by atoms with Crippen molar-refractivity contribution in [3.8, 4) is 0 Å². The van der Waals surface area contributed by atoms with Crippen LogP contribution in [-0.4, -0.2) is 16.5 Å². The molecule has 1 N–H and O–H groups in total. The van der Waals surface area contributed by atoms with Gasteiger partial charge in [0, 0.05) is 16.8 Å². The molecule has 1 aromatic carbocycles. The van der Waals surface area contributed by atoms with Crippen molar-refractivity contribution in [2.75, 3.05) is 6.54 Å². The van der Waals surface area contributed by atoms with Crippen molar-refractivity contribution in [3.63, 3.8) is 0 Å². The fourth-order valence-corrected chi connectivity index (χ4v) is 2.03. The minimum atomic E-state index is -0.334. The largest absolute Gasteiger partial charge is 0.305 e.